The van der Waals surface area contributed by atoms with E-state index in [1.807, 2.05) is 66.9 Å². The number of amides is 1. The Bertz CT molecular complexity index is 1220. The Kier molecular flexibility index (Phi) is 7.13. The highest BCUT2D eigenvalue weighted by Gasteiger charge is 2.27. The molecule has 1 amide bonds. The maximum Gasteiger partial charge on any atom is 0.227 e. The lowest BCUT2D eigenvalue weighted by Crippen LogP contribution is -2.34. The van der Waals surface area contributed by atoms with Gasteiger partial charge in [0.15, 0.2) is 0 Å². The minimum absolute atomic E-state index is 0.0490. The lowest BCUT2D eigenvalue weighted by Gasteiger charge is -2.32. The molecule has 1 aliphatic heterocycles. The number of nitrogens with zero attached hydrogens (tertiary/aromatic N) is 5. The smallest absolute Gasteiger partial charge is 0.227 e. The summed E-state index contributed by atoms with van der Waals surface area (Å²) in [6.07, 6.45) is 4.00. The summed E-state index contributed by atoms with van der Waals surface area (Å²) < 4.78 is 2.15. The Labute approximate surface area is 205 Å². The van der Waals surface area contributed by atoms with E-state index in [4.69, 9.17) is 0 Å². The minimum Gasteiger partial charge on any atom is -0.357 e. The molecule has 0 bridgehead atoms. The molecule has 4 aromatic rings. The number of nitrogens with one attached hydrogen (secondary N) is 1. The van der Waals surface area contributed by atoms with Crippen molar-refractivity contribution in [3.8, 4) is 0 Å². The maximum atomic E-state index is 12.8. The van der Waals surface area contributed by atoms with Crippen molar-refractivity contribution in [2.75, 3.05) is 18.0 Å². The standard InChI is InChI=1S/C28H30N6O/c35-27(30-20-22-9-3-1-4-10-22)19-26-31-32-28(34(26)21-23-11-5-2-6-12-23)24-14-17-33(18-15-24)25-13-7-8-16-29-25/h1-13,16,24H,14-15,17-21H2,(H,30,35). The Hall–Kier alpha value is -4.00. The average molecular weight is 467 g/mol. The molecule has 178 valence electrons. The summed E-state index contributed by atoms with van der Waals surface area (Å²) in [6, 6.07) is 26.3. The van der Waals surface area contributed by atoms with Gasteiger partial charge < -0.3 is 14.8 Å². The van der Waals surface area contributed by atoms with Crippen molar-refractivity contribution in [2.45, 2.75) is 38.3 Å². The zero-order valence-electron chi connectivity index (χ0n) is 19.8. The highest BCUT2D eigenvalue weighted by molar-refractivity contribution is 5.77. The Morgan fingerprint density at radius 2 is 1.54 bits per heavy atom. The highest BCUT2D eigenvalue weighted by Crippen LogP contribution is 2.29. The fourth-order valence-electron chi connectivity index (χ4n) is 4.63. The molecule has 1 saturated heterocycles. The topological polar surface area (TPSA) is 75.9 Å². The van der Waals surface area contributed by atoms with Crippen molar-refractivity contribution in [1.29, 1.82) is 0 Å². The van der Waals surface area contributed by atoms with Gasteiger partial charge in [-0.1, -0.05) is 66.7 Å². The molecule has 0 saturated carbocycles. The molecule has 5 rings (SSSR count). The largest absolute Gasteiger partial charge is 0.357 e. The molecule has 1 aliphatic rings. The monoisotopic (exact) mass is 466 g/mol. The number of pyridine rings is 1. The molecule has 1 fully saturated rings. The van der Waals surface area contributed by atoms with Crippen molar-refractivity contribution in [2.24, 2.45) is 0 Å². The Morgan fingerprint density at radius 3 is 2.23 bits per heavy atom. The number of hydrogen-bond donors (Lipinski definition) is 1. The van der Waals surface area contributed by atoms with Crippen LogP contribution < -0.4 is 10.2 Å². The van der Waals surface area contributed by atoms with Crippen LogP contribution in [-0.2, 0) is 24.3 Å². The van der Waals surface area contributed by atoms with Gasteiger partial charge in [-0.3, -0.25) is 4.79 Å². The number of anilines is 1. The van der Waals surface area contributed by atoms with Crippen molar-refractivity contribution >= 4 is 11.7 Å². The molecule has 0 atom stereocenters. The molecular formula is C28H30N6O. The van der Waals surface area contributed by atoms with Gasteiger partial charge in [0.1, 0.15) is 17.5 Å². The van der Waals surface area contributed by atoms with E-state index in [9.17, 15) is 4.79 Å². The number of piperidine rings is 1. The van der Waals surface area contributed by atoms with Crippen LogP contribution in [0.4, 0.5) is 5.82 Å². The number of benzene rings is 2. The minimum atomic E-state index is -0.0490. The molecule has 1 N–H and O–H groups in total. The first-order valence-electron chi connectivity index (χ1n) is 12.2. The number of hydrogen-bond acceptors (Lipinski definition) is 5. The first kappa shape index (κ1) is 22.8. The second-order valence-electron chi connectivity index (χ2n) is 8.93. The van der Waals surface area contributed by atoms with E-state index < -0.39 is 0 Å². The average Bonchev–Trinajstić information content (AvgIpc) is 3.31. The lowest BCUT2D eigenvalue weighted by atomic mass is 9.95. The Balaban J connectivity index is 1.30. The van der Waals surface area contributed by atoms with Crippen LogP contribution in [0.3, 0.4) is 0 Å². The summed E-state index contributed by atoms with van der Waals surface area (Å²) in [5.74, 6) is 2.95. The fourth-order valence-corrected chi connectivity index (χ4v) is 4.63. The molecule has 0 spiro atoms. The fraction of sp³-hybridized carbons (Fsp3) is 0.286. The van der Waals surface area contributed by atoms with Crippen molar-refractivity contribution in [3.63, 3.8) is 0 Å². The normalized spacial score (nSPS) is 14.1. The number of carbonyl (C=O) groups is 1. The molecular weight excluding hydrogens is 436 g/mol. The van der Waals surface area contributed by atoms with Gasteiger partial charge in [-0.15, -0.1) is 10.2 Å². The molecule has 0 unspecified atom stereocenters. The summed E-state index contributed by atoms with van der Waals surface area (Å²) in [5.41, 5.74) is 2.25. The van der Waals surface area contributed by atoms with Gasteiger partial charge in [0.2, 0.25) is 5.91 Å². The van der Waals surface area contributed by atoms with Gasteiger partial charge >= 0.3 is 0 Å². The zero-order chi connectivity index (χ0) is 23.9. The third-order valence-electron chi connectivity index (χ3n) is 6.52. The first-order valence-corrected chi connectivity index (χ1v) is 12.2. The predicted octanol–water partition coefficient (Wildman–Crippen LogP) is 3.96. The maximum absolute atomic E-state index is 12.8. The molecule has 7 nitrogen and oxygen atoms in total. The van der Waals surface area contributed by atoms with E-state index in [-0.39, 0.29) is 12.3 Å². The van der Waals surface area contributed by atoms with Crippen molar-refractivity contribution in [1.82, 2.24) is 25.1 Å². The van der Waals surface area contributed by atoms with Gasteiger partial charge in [0, 0.05) is 31.7 Å². The van der Waals surface area contributed by atoms with E-state index in [0.29, 0.717) is 24.8 Å². The summed E-state index contributed by atoms with van der Waals surface area (Å²) >= 11 is 0. The lowest BCUT2D eigenvalue weighted by molar-refractivity contribution is -0.120. The molecule has 35 heavy (non-hydrogen) atoms. The summed E-state index contributed by atoms with van der Waals surface area (Å²) in [7, 11) is 0. The Morgan fingerprint density at radius 1 is 0.857 bits per heavy atom. The summed E-state index contributed by atoms with van der Waals surface area (Å²) in [5, 5.41) is 12.1. The van der Waals surface area contributed by atoms with E-state index in [1.165, 1.54) is 5.56 Å². The predicted molar refractivity (Wildman–Crippen MR) is 136 cm³/mol. The van der Waals surface area contributed by atoms with E-state index in [1.54, 1.807) is 0 Å². The van der Waals surface area contributed by atoms with Crippen LogP contribution in [-0.4, -0.2) is 38.7 Å². The van der Waals surface area contributed by atoms with E-state index >= 15 is 0 Å². The number of aromatic nitrogens is 4. The van der Waals surface area contributed by atoms with Crippen LogP contribution >= 0.6 is 0 Å². The van der Waals surface area contributed by atoms with Crippen LogP contribution in [0, 0.1) is 0 Å². The van der Waals surface area contributed by atoms with Gasteiger partial charge in [0.05, 0.1) is 13.0 Å². The van der Waals surface area contributed by atoms with Crippen LogP contribution in [0.1, 0.15) is 41.5 Å². The van der Waals surface area contributed by atoms with Gasteiger partial charge in [-0.25, -0.2) is 4.98 Å². The number of carbonyl (C=O) groups excluding carboxylic acids is 1. The zero-order valence-corrected chi connectivity index (χ0v) is 19.8. The van der Waals surface area contributed by atoms with E-state index in [2.05, 4.69) is 48.2 Å². The number of rotatable bonds is 8. The molecule has 7 heteroatoms. The van der Waals surface area contributed by atoms with Crippen molar-refractivity contribution in [3.05, 3.63) is 108 Å². The first-order chi connectivity index (χ1) is 17.3. The molecule has 2 aromatic carbocycles. The summed E-state index contributed by atoms with van der Waals surface area (Å²) in [6.45, 7) is 3.01. The van der Waals surface area contributed by atoms with Crippen molar-refractivity contribution < 1.29 is 4.79 Å². The quantitative estimate of drug-likeness (QED) is 0.425. The van der Waals surface area contributed by atoms with Gasteiger partial charge in [-0.05, 0) is 36.1 Å². The van der Waals surface area contributed by atoms with Crippen LogP contribution in [0.25, 0.3) is 0 Å². The second-order valence-corrected chi connectivity index (χ2v) is 8.93. The third-order valence-corrected chi connectivity index (χ3v) is 6.52. The van der Waals surface area contributed by atoms with Crippen LogP contribution in [0.2, 0.25) is 0 Å². The summed E-state index contributed by atoms with van der Waals surface area (Å²) in [4.78, 5) is 19.6. The SMILES string of the molecule is O=C(Cc1nnc(C2CCN(c3ccccn3)CC2)n1Cc1ccccc1)NCc1ccccc1. The van der Waals surface area contributed by atoms with Gasteiger partial charge in [-0.2, -0.15) is 0 Å². The molecule has 3 heterocycles. The second kappa shape index (κ2) is 11.0. The molecule has 0 aliphatic carbocycles. The molecule has 2 aromatic heterocycles. The third kappa shape index (κ3) is 5.74. The van der Waals surface area contributed by atoms with E-state index in [0.717, 1.165) is 43.1 Å². The van der Waals surface area contributed by atoms with Gasteiger partial charge in [0.25, 0.3) is 0 Å². The highest BCUT2D eigenvalue weighted by atomic mass is 16.1. The van der Waals surface area contributed by atoms with Crippen LogP contribution in [0.5, 0.6) is 0 Å². The van der Waals surface area contributed by atoms with Crippen LogP contribution in [0.15, 0.2) is 85.1 Å². The molecule has 0 radical (unpaired) electrons.